The second-order valence-corrected chi connectivity index (χ2v) is 8.85. The molecular weight excluding hydrogens is 396 g/mol. The molecule has 3 aliphatic rings. The highest BCUT2D eigenvalue weighted by Gasteiger charge is 2.30. The van der Waals surface area contributed by atoms with E-state index in [0.29, 0.717) is 19.0 Å². The number of benzene rings is 2. The molecule has 3 aliphatic heterocycles. The van der Waals surface area contributed by atoms with Crippen molar-refractivity contribution >= 4 is 18.3 Å². The fourth-order valence-electron chi connectivity index (χ4n) is 5.18. The van der Waals surface area contributed by atoms with E-state index in [9.17, 15) is 4.79 Å². The number of fused-ring (bicyclic) bond motifs is 2. The zero-order chi connectivity index (χ0) is 19.6. The highest BCUT2D eigenvalue weighted by atomic mass is 35.5. The molecule has 2 saturated heterocycles. The molecule has 0 saturated carbocycles. The maximum Gasteiger partial charge on any atom is 0.254 e. The molecule has 0 spiro atoms. The Balaban J connectivity index is 0.00000218. The Labute approximate surface area is 185 Å². The maximum atomic E-state index is 12.8. The van der Waals surface area contributed by atoms with Gasteiger partial charge in [-0.15, -0.1) is 12.4 Å². The van der Waals surface area contributed by atoms with Crippen LogP contribution in [-0.4, -0.2) is 41.4 Å². The Bertz CT molecular complexity index is 845. The average molecular weight is 427 g/mol. The van der Waals surface area contributed by atoms with Crippen LogP contribution in [0.2, 0.25) is 0 Å². The van der Waals surface area contributed by atoms with Crippen molar-refractivity contribution in [3.8, 4) is 5.75 Å². The van der Waals surface area contributed by atoms with Crippen LogP contribution in [0.5, 0.6) is 5.75 Å². The van der Waals surface area contributed by atoms with Crippen LogP contribution >= 0.6 is 12.4 Å². The van der Waals surface area contributed by atoms with Gasteiger partial charge in [0.2, 0.25) is 0 Å². The first-order valence-corrected chi connectivity index (χ1v) is 11.1. The average Bonchev–Trinajstić information content (AvgIpc) is 3.22. The van der Waals surface area contributed by atoms with E-state index in [4.69, 9.17) is 4.74 Å². The number of hydrogen-bond acceptors (Lipinski definition) is 3. The summed E-state index contributed by atoms with van der Waals surface area (Å²) in [6.45, 7) is 4.62. The van der Waals surface area contributed by atoms with Gasteiger partial charge in [-0.05, 0) is 67.6 Å². The molecule has 5 heteroatoms. The molecule has 3 heterocycles. The van der Waals surface area contributed by atoms with Crippen molar-refractivity contribution in [2.45, 2.75) is 51.2 Å². The molecule has 2 aromatic rings. The molecule has 2 fully saturated rings. The summed E-state index contributed by atoms with van der Waals surface area (Å²) >= 11 is 0. The number of carbonyl (C=O) groups excluding carboxylic acids is 1. The number of ether oxygens (including phenoxy) is 1. The quantitative estimate of drug-likeness (QED) is 0.696. The van der Waals surface area contributed by atoms with Gasteiger partial charge in [-0.2, -0.15) is 0 Å². The Morgan fingerprint density at radius 1 is 0.933 bits per heavy atom. The van der Waals surface area contributed by atoms with Gasteiger partial charge in [0.05, 0.1) is 6.61 Å². The lowest BCUT2D eigenvalue weighted by Gasteiger charge is -2.42. The van der Waals surface area contributed by atoms with Gasteiger partial charge in [0.15, 0.2) is 0 Å². The first-order valence-electron chi connectivity index (χ1n) is 11.1. The molecule has 2 aromatic carbocycles. The van der Waals surface area contributed by atoms with E-state index in [2.05, 4.69) is 17.0 Å². The van der Waals surface area contributed by atoms with Crippen LogP contribution in [0.25, 0.3) is 0 Å². The number of piperidine rings is 2. The number of hydrogen-bond donors (Lipinski definition) is 0. The summed E-state index contributed by atoms with van der Waals surface area (Å²) in [5, 5.41) is 0. The van der Waals surface area contributed by atoms with E-state index in [1.807, 2.05) is 41.3 Å². The summed E-state index contributed by atoms with van der Waals surface area (Å²) in [5.74, 6) is 1.58. The molecule has 5 rings (SSSR count). The predicted octanol–water partition coefficient (Wildman–Crippen LogP) is 4.91. The summed E-state index contributed by atoms with van der Waals surface area (Å²) in [5.41, 5.74) is 3.24. The number of halogens is 1. The molecule has 2 atom stereocenters. The van der Waals surface area contributed by atoms with Gasteiger partial charge in [-0.3, -0.25) is 9.69 Å². The van der Waals surface area contributed by atoms with E-state index < -0.39 is 0 Å². The van der Waals surface area contributed by atoms with E-state index in [-0.39, 0.29) is 18.3 Å². The number of amides is 1. The van der Waals surface area contributed by atoms with E-state index in [1.165, 1.54) is 56.3 Å². The molecule has 30 heavy (non-hydrogen) atoms. The van der Waals surface area contributed by atoms with Gasteiger partial charge in [0.1, 0.15) is 5.75 Å². The second-order valence-electron chi connectivity index (χ2n) is 8.85. The third-order valence-electron chi connectivity index (χ3n) is 6.86. The van der Waals surface area contributed by atoms with Crippen LogP contribution in [0.15, 0.2) is 48.5 Å². The lowest BCUT2D eigenvalue weighted by molar-refractivity contribution is 0.0565. The predicted molar refractivity (Wildman–Crippen MR) is 121 cm³/mol. The van der Waals surface area contributed by atoms with Gasteiger partial charge in [-0.1, -0.05) is 30.7 Å². The number of carbonyl (C=O) groups is 1. The van der Waals surface area contributed by atoms with Gasteiger partial charge in [0, 0.05) is 37.2 Å². The largest absolute Gasteiger partial charge is 0.493 e. The zero-order valence-corrected chi connectivity index (χ0v) is 18.3. The van der Waals surface area contributed by atoms with Crippen LogP contribution in [0.4, 0.5) is 0 Å². The minimum atomic E-state index is 0. The van der Waals surface area contributed by atoms with Crippen molar-refractivity contribution in [3.05, 3.63) is 65.2 Å². The summed E-state index contributed by atoms with van der Waals surface area (Å²) < 4.78 is 6.08. The Hall–Kier alpha value is -2.04. The molecule has 160 valence electrons. The second kappa shape index (κ2) is 9.40. The maximum absolute atomic E-state index is 12.8. The van der Waals surface area contributed by atoms with Crippen LogP contribution in [0.3, 0.4) is 0 Å². The van der Waals surface area contributed by atoms with Crippen LogP contribution in [-0.2, 0) is 13.1 Å². The van der Waals surface area contributed by atoms with Crippen molar-refractivity contribution in [1.82, 2.24) is 9.80 Å². The normalized spacial score (nSPS) is 23.3. The number of nitrogens with zero attached hydrogens (tertiary/aromatic N) is 2. The van der Waals surface area contributed by atoms with Crippen LogP contribution < -0.4 is 4.74 Å². The minimum Gasteiger partial charge on any atom is -0.493 e. The smallest absolute Gasteiger partial charge is 0.254 e. The Morgan fingerprint density at radius 2 is 1.67 bits per heavy atom. The molecule has 2 unspecified atom stereocenters. The van der Waals surface area contributed by atoms with Gasteiger partial charge in [-0.25, -0.2) is 0 Å². The SMILES string of the molecule is Cl.O=C(c1ccc(OCC2CCC3CCCCN3C2)cc1)N1Cc2ccccc2C1. The van der Waals surface area contributed by atoms with Gasteiger partial charge >= 0.3 is 0 Å². The van der Waals surface area contributed by atoms with E-state index in [0.717, 1.165) is 24.0 Å². The molecular formula is C25H31ClN2O2. The molecule has 1 amide bonds. The van der Waals surface area contributed by atoms with Crippen LogP contribution in [0.1, 0.15) is 53.6 Å². The van der Waals surface area contributed by atoms with Crippen molar-refractivity contribution in [2.75, 3.05) is 19.7 Å². The molecule has 4 nitrogen and oxygen atoms in total. The fraction of sp³-hybridized carbons (Fsp3) is 0.480. The van der Waals surface area contributed by atoms with Gasteiger partial charge < -0.3 is 9.64 Å². The topological polar surface area (TPSA) is 32.8 Å². The van der Waals surface area contributed by atoms with Crippen molar-refractivity contribution in [1.29, 1.82) is 0 Å². The minimum absolute atomic E-state index is 0. The molecule has 0 radical (unpaired) electrons. The fourth-order valence-corrected chi connectivity index (χ4v) is 5.18. The Morgan fingerprint density at radius 3 is 2.40 bits per heavy atom. The standard InChI is InChI=1S/C25H30N2O2.ClH/c28-25(27-16-21-5-1-2-6-22(21)17-27)20-9-12-24(13-10-20)29-18-19-8-11-23-7-3-4-14-26(23)15-19;/h1-2,5-6,9-10,12-13,19,23H,3-4,7-8,11,14-18H2;1H. The highest BCUT2D eigenvalue weighted by Crippen LogP contribution is 2.29. The van der Waals surface area contributed by atoms with Gasteiger partial charge in [0.25, 0.3) is 5.91 Å². The summed E-state index contributed by atoms with van der Waals surface area (Å²) in [6, 6.07) is 16.8. The molecule has 0 bridgehead atoms. The molecule has 0 N–H and O–H groups in total. The zero-order valence-electron chi connectivity index (χ0n) is 17.5. The first-order chi connectivity index (χ1) is 14.3. The van der Waals surface area contributed by atoms with Crippen molar-refractivity contribution < 1.29 is 9.53 Å². The first kappa shape index (κ1) is 21.2. The molecule has 0 aliphatic carbocycles. The monoisotopic (exact) mass is 426 g/mol. The number of rotatable bonds is 4. The summed E-state index contributed by atoms with van der Waals surface area (Å²) in [6.07, 6.45) is 6.72. The lowest BCUT2D eigenvalue weighted by Crippen LogP contribution is -2.47. The lowest BCUT2D eigenvalue weighted by atomic mass is 9.88. The van der Waals surface area contributed by atoms with Crippen molar-refractivity contribution in [2.24, 2.45) is 5.92 Å². The van der Waals surface area contributed by atoms with E-state index >= 15 is 0 Å². The third kappa shape index (κ3) is 4.50. The highest BCUT2D eigenvalue weighted by molar-refractivity contribution is 5.94. The molecule has 0 aromatic heterocycles. The van der Waals surface area contributed by atoms with E-state index in [1.54, 1.807) is 0 Å². The Kier molecular flexibility index (Phi) is 6.64. The summed E-state index contributed by atoms with van der Waals surface area (Å²) in [4.78, 5) is 17.4. The van der Waals surface area contributed by atoms with Crippen LogP contribution in [0, 0.1) is 5.92 Å². The third-order valence-corrected chi connectivity index (χ3v) is 6.86. The van der Waals surface area contributed by atoms with Crippen molar-refractivity contribution in [3.63, 3.8) is 0 Å². The summed E-state index contributed by atoms with van der Waals surface area (Å²) in [7, 11) is 0.